The number of likely N-dealkylation sites (tertiary alicyclic amines) is 1. The normalized spacial score (nSPS) is 16.4. The van der Waals surface area contributed by atoms with Crippen molar-refractivity contribution in [2.45, 2.75) is 165 Å². The van der Waals surface area contributed by atoms with Gasteiger partial charge in [0.15, 0.2) is 11.6 Å². The first-order chi connectivity index (χ1) is 24.2. The van der Waals surface area contributed by atoms with E-state index < -0.39 is 40.8 Å². The molecule has 8 heteroatoms. The third-order valence-electron chi connectivity index (χ3n) is 9.59. The fraction of sp³-hybridized carbons (Fsp3) is 0.705. The molecule has 0 bridgehead atoms. The van der Waals surface area contributed by atoms with Gasteiger partial charge in [0.05, 0.1) is 6.04 Å². The molecule has 1 aromatic rings. The lowest BCUT2D eigenvalue weighted by Gasteiger charge is -2.35. The zero-order valence-electron chi connectivity index (χ0n) is 34.3. The van der Waals surface area contributed by atoms with Gasteiger partial charge >= 0.3 is 0 Å². The van der Waals surface area contributed by atoms with Crippen LogP contribution in [-0.4, -0.2) is 58.1 Å². The van der Waals surface area contributed by atoms with E-state index in [4.69, 9.17) is 0 Å². The van der Waals surface area contributed by atoms with Crippen molar-refractivity contribution in [2.75, 3.05) is 6.54 Å². The molecule has 1 amide bonds. The van der Waals surface area contributed by atoms with E-state index in [-0.39, 0.29) is 72.5 Å². The minimum Gasteiger partial charge on any atom is -0.332 e. The minimum atomic E-state index is -0.820. The molecule has 8 nitrogen and oxygen atoms in total. The van der Waals surface area contributed by atoms with E-state index in [9.17, 15) is 33.6 Å². The lowest BCUT2D eigenvalue weighted by atomic mass is 9.75. The van der Waals surface area contributed by atoms with E-state index in [2.05, 4.69) is 13.8 Å². The van der Waals surface area contributed by atoms with Gasteiger partial charge in [0.25, 0.3) is 0 Å². The van der Waals surface area contributed by atoms with Crippen LogP contribution in [0.5, 0.6) is 0 Å². The zero-order chi connectivity index (χ0) is 39.8. The molecule has 0 N–H and O–H groups in total. The van der Waals surface area contributed by atoms with E-state index in [1.54, 1.807) is 18.7 Å². The van der Waals surface area contributed by atoms with Crippen LogP contribution in [0.25, 0.3) is 0 Å². The molecule has 1 aliphatic heterocycles. The van der Waals surface area contributed by atoms with Crippen LogP contribution in [-0.2, 0) is 33.6 Å². The Kier molecular flexibility index (Phi) is 19.8. The minimum absolute atomic E-state index is 0.0205. The number of hydrogen-bond donors (Lipinski definition) is 0. The summed E-state index contributed by atoms with van der Waals surface area (Å²) in [5.74, 6) is -4.35. The Hall–Kier alpha value is -3.29. The van der Waals surface area contributed by atoms with Gasteiger partial charge in [-0.05, 0) is 35.7 Å². The summed E-state index contributed by atoms with van der Waals surface area (Å²) in [6, 6.07) is 8.41. The smallest absolute Gasteiger partial charge is 0.227 e. The number of benzene rings is 1. The van der Waals surface area contributed by atoms with Crippen molar-refractivity contribution in [3.05, 3.63) is 35.9 Å². The Labute approximate surface area is 314 Å². The summed E-state index contributed by atoms with van der Waals surface area (Å²) in [4.78, 5) is 94.8. The fourth-order valence-electron chi connectivity index (χ4n) is 6.78. The average Bonchev–Trinajstić information content (AvgIpc) is 3.56. The van der Waals surface area contributed by atoms with Crippen LogP contribution in [0.4, 0.5) is 0 Å². The van der Waals surface area contributed by atoms with Gasteiger partial charge < -0.3 is 4.90 Å². The molecule has 1 aromatic carbocycles. The Morgan fingerprint density at radius 1 is 0.808 bits per heavy atom. The summed E-state index contributed by atoms with van der Waals surface area (Å²) in [6.07, 6.45) is 4.04. The van der Waals surface area contributed by atoms with Gasteiger partial charge in [-0.2, -0.15) is 0 Å². The summed E-state index contributed by atoms with van der Waals surface area (Å²) in [5.41, 5.74) is 0.0597. The highest BCUT2D eigenvalue weighted by molar-refractivity contribution is 6.38. The number of carbonyl (C=O) groups excluding carboxylic acids is 7. The number of carbonyl (C=O) groups is 7. The van der Waals surface area contributed by atoms with Crippen molar-refractivity contribution < 1.29 is 33.6 Å². The largest absolute Gasteiger partial charge is 0.332 e. The van der Waals surface area contributed by atoms with E-state index >= 15 is 0 Å². The molecule has 52 heavy (non-hydrogen) atoms. The molecule has 1 unspecified atom stereocenters. The van der Waals surface area contributed by atoms with E-state index in [0.29, 0.717) is 38.6 Å². The predicted octanol–water partition coefficient (Wildman–Crippen LogP) is 9.10. The van der Waals surface area contributed by atoms with E-state index in [1.807, 2.05) is 78.8 Å². The molecule has 292 valence electrons. The van der Waals surface area contributed by atoms with Crippen LogP contribution in [0.2, 0.25) is 0 Å². The highest BCUT2D eigenvalue weighted by atomic mass is 16.2. The Morgan fingerprint density at radius 2 is 1.40 bits per heavy atom. The van der Waals surface area contributed by atoms with Crippen molar-refractivity contribution in [3.63, 3.8) is 0 Å². The molecule has 4 atom stereocenters. The molecule has 1 heterocycles. The molecular weight excluding hydrogens is 654 g/mol. The molecule has 0 aliphatic carbocycles. The number of hydrogen-bond acceptors (Lipinski definition) is 7. The van der Waals surface area contributed by atoms with Crippen LogP contribution in [0.3, 0.4) is 0 Å². The number of rotatable bonds is 20. The average molecular weight is 724 g/mol. The second kappa shape index (κ2) is 22.0. The second-order valence-corrected chi connectivity index (χ2v) is 17.4. The quantitative estimate of drug-likeness (QED) is 0.123. The van der Waals surface area contributed by atoms with E-state index in [1.165, 1.54) is 6.42 Å². The van der Waals surface area contributed by atoms with Gasteiger partial charge in [0.2, 0.25) is 11.7 Å². The molecule has 0 spiro atoms. The van der Waals surface area contributed by atoms with Crippen LogP contribution < -0.4 is 0 Å². The van der Waals surface area contributed by atoms with Crippen molar-refractivity contribution >= 4 is 40.6 Å². The van der Waals surface area contributed by atoms with Gasteiger partial charge in [-0.1, -0.05) is 126 Å². The van der Waals surface area contributed by atoms with Gasteiger partial charge in [-0.3, -0.25) is 33.6 Å². The first-order valence-electron chi connectivity index (χ1n) is 19.7. The van der Waals surface area contributed by atoms with Crippen LogP contribution >= 0.6 is 0 Å². The van der Waals surface area contributed by atoms with Gasteiger partial charge in [0.1, 0.15) is 17.3 Å². The molecule has 2 rings (SSSR count). The van der Waals surface area contributed by atoms with Crippen molar-refractivity contribution in [1.82, 2.24) is 4.90 Å². The van der Waals surface area contributed by atoms with Crippen LogP contribution in [0.1, 0.15) is 165 Å². The Bertz CT molecular complexity index is 1350. The van der Waals surface area contributed by atoms with Crippen molar-refractivity contribution in [2.24, 2.45) is 28.6 Å². The summed E-state index contributed by atoms with van der Waals surface area (Å²) in [5, 5.41) is 0. The maximum atomic E-state index is 14.0. The van der Waals surface area contributed by atoms with Gasteiger partial charge in [-0.25, -0.2) is 0 Å². The monoisotopic (exact) mass is 724 g/mol. The number of nitrogens with zero attached hydrogens (tertiary/aromatic N) is 1. The van der Waals surface area contributed by atoms with Crippen LogP contribution in [0.15, 0.2) is 30.3 Å². The molecule has 0 radical (unpaired) electrons. The second-order valence-electron chi connectivity index (χ2n) is 17.4. The lowest BCUT2D eigenvalue weighted by molar-refractivity contribution is -0.146. The molecule has 1 aliphatic rings. The number of amides is 1. The standard InChI is InChI=1S/C41H61NO7.C3H8/c1-10-11-16-29(38(48)35(45)21-20-30(43)24-32(37(47)27(2)3)28-17-13-12-14-18-28)23-36(46)34-19-15-22-42(34)39(49)33(41(7,8)9)25-31(44)26-40(4,5)6;1-3-2/h12-14,17-18,27,29,32-34H,10-11,15-16,19-26H2,1-9H3;3H2,1-2H3/t29?,32-,33+,34-;/m0./s1. The number of ketones is 6. The lowest BCUT2D eigenvalue weighted by Crippen LogP contribution is -2.47. The summed E-state index contributed by atoms with van der Waals surface area (Å²) >= 11 is 0. The van der Waals surface area contributed by atoms with Gasteiger partial charge in [-0.15, -0.1) is 0 Å². The first-order valence-corrected chi connectivity index (χ1v) is 19.7. The predicted molar refractivity (Wildman–Crippen MR) is 208 cm³/mol. The summed E-state index contributed by atoms with van der Waals surface area (Å²) in [7, 11) is 0. The third kappa shape index (κ3) is 15.8. The van der Waals surface area contributed by atoms with Crippen molar-refractivity contribution in [1.29, 1.82) is 0 Å². The Morgan fingerprint density at radius 3 is 1.92 bits per heavy atom. The molecule has 1 fully saturated rings. The van der Waals surface area contributed by atoms with E-state index in [0.717, 1.165) is 12.0 Å². The SMILES string of the molecule is CCC.CCCCC(CC(=O)[C@@H]1CCCN1C(=O)[C@@H](CC(=O)CC(C)(C)C)C(C)(C)C)C(=O)C(=O)CCC(=O)C[C@H](C(=O)C(C)C)c1ccccc1. The molecular formula is C44H69NO7. The Balaban J connectivity index is 0.00000434. The highest BCUT2D eigenvalue weighted by Gasteiger charge is 2.43. The molecule has 0 saturated carbocycles. The zero-order valence-corrected chi connectivity index (χ0v) is 34.3. The summed E-state index contributed by atoms with van der Waals surface area (Å²) in [6.45, 7) is 22.0. The number of Topliss-reactive ketones (excluding diaryl/α,β-unsaturated/α-hetero) is 6. The first kappa shape index (κ1) is 46.7. The highest BCUT2D eigenvalue weighted by Crippen LogP contribution is 2.35. The number of unbranched alkanes of at least 4 members (excludes halogenated alkanes) is 1. The third-order valence-corrected chi connectivity index (χ3v) is 9.59. The maximum absolute atomic E-state index is 14.0. The fourth-order valence-corrected chi connectivity index (χ4v) is 6.78. The van der Waals surface area contributed by atoms with Gasteiger partial charge in [0, 0.05) is 68.7 Å². The molecule has 1 saturated heterocycles. The topological polar surface area (TPSA) is 123 Å². The summed E-state index contributed by atoms with van der Waals surface area (Å²) < 4.78 is 0. The molecule has 0 aromatic heterocycles. The van der Waals surface area contributed by atoms with Crippen LogP contribution in [0, 0.1) is 28.6 Å². The maximum Gasteiger partial charge on any atom is 0.227 e. The van der Waals surface area contributed by atoms with Crippen molar-refractivity contribution in [3.8, 4) is 0 Å².